The lowest BCUT2D eigenvalue weighted by Crippen LogP contribution is -1.79. The van der Waals surface area contributed by atoms with E-state index in [0.717, 1.165) is 20.9 Å². The Morgan fingerprint density at radius 3 is 3.00 bits per heavy atom. The van der Waals surface area contributed by atoms with Gasteiger partial charge in [0.2, 0.25) is 0 Å². The lowest BCUT2D eigenvalue weighted by Gasteiger charge is -1.94. The largest absolute Gasteiger partial charge is 0.252 e. The number of aryl methyl sites for hydroxylation is 1. The Labute approximate surface area is 92.9 Å². The van der Waals surface area contributed by atoms with Crippen LogP contribution in [0.4, 0.5) is 0 Å². The normalized spacial score (nSPS) is 10.9. The van der Waals surface area contributed by atoms with Gasteiger partial charge in [0.15, 0.2) is 0 Å². The molecule has 2 aromatic rings. The molecule has 0 aliphatic carbocycles. The summed E-state index contributed by atoms with van der Waals surface area (Å²) in [5.74, 6) is 0. The van der Waals surface area contributed by atoms with Gasteiger partial charge in [-0.1, -0.05) is 11.6 Å². The molecule has 0 spiro atoms. The monoisotopic (exact) mass is 309 g/mol. The maximum Gasteiger partial charge on any atom is 0.0839 e. The molecule has 0 atom stereocenters. The van der Waals surface area contributed by atoms with E-state index in [1.54, 1.807) is 11.3 Å². The number of nitrogens with zero attached hydrogens (tertiary/aromatic N) is 1. The number of aromatic nitrogens is 1. The highest BCUT2D eigenvalue weighted by atomic mass is 127. The van der Waals surface area contributed by atoms with Crippen LogP contribution in [0.25, 0.3) is 10.2 Å². The van der Waals surface area contributed by atoms with Crippen molar-refractivity contribution >= 4 is 55.7 Å². The van der Waals surface area contributed by atoms with Crippen molar-refractivity contribution in [3.63, 3.8) is 0 Å². The first-order chi connectivity index (χ1) is 5.66. The van der Waals surface area contributed by atoms with E-state index in [0.29, 0.717) is 0 Å². The van der Waals surface area contributed by atoms with Gasteiger partial charge in [0.25, 0.3) is 0 Å². The van der Waals surface area contributed by atoms with E-state index in [1.165, 1.54) is 2.88 Å². The Kier molecular flexibility index (Phi) is 2.27. The predicted molar refractivity (Wildman–Crippen MR) is 62.1 cm³/mol. The molecule has 2 aromatic heterocycles. The van der Waals surface area contributed by atoms with Crippen molar-refractivity contribution in [2.75, 3.05) is 0 Å². The van der Waals surface area contributed by atoms with E-state index in [1.807, 2.05) is 13.0 Å². The number of halogens is 2. The fraction of sp³-hybridized carbons (Fsp3) is 0.125. The number of hydrogen-bond donors (Lipinski definition) is 0. The van der Waals surface area contributed by atoms with Crippen molar-refractivity contribution in [1.29, 1.82) is 0 Å². The van der Waals surface area contributed by atoms with Gasteiger partial charge in [-0.05, 0) is 41.6 Å². The molecule has 0 unspecified atom stereocenters. The predicted octanol–water partition coefficient (Wildman–Crippen LogP) is 3.86. The molecule has 2 heterocycles. The second kappa shape index (κ2) is 3.12. The van der Waals surface area contributed by atoms with Gasteiger partial charge in [0, 0.05) is 5.69 Å². The number of thiophene rings is 1. The molecule has 0 aliphatic heterocycles. The third kappa shape index (κ3) is 1.45. The molecule has 0 N–H and O–H groups in total. The zero-order valence-corrected chi connectivity index (χ0v) is 10.00. The third-order valence-electron chi connectivity index (χ3n) is 1.53. The van der Waals surface area contributed by atoms with E-state index in [-0.39, 0.29) is 0 Å². The van der Waals surface area contributed by atoms with Crippen LogP contribution < -0.4 is 0 Å². The van der Waals surface area contributed by atoms with E-state index in [4.69, 9.17) is 11.6 Å². The first-order valence-electron chi connectivity index (χ1n) is 3.39. The van der Waals surface area contributed by atoms with Crippen molar-refractivity contribution in [3.8, 4) is 0 Å². The van der Waals surface area contributed by atoms with Gasteiger partial charge in [-0.25, -0.2) is 0 Å². The van der Waals surface area contributed by atoms with Crippen molar-refractivity contribution in [1.82, 2.24) is 4.98 Å². The van der Waals surface area contributed by atoms with Crippen LogP contribution in [0, 0.1) is 9.81 Å². The molecule has 2 rings (SSSR count). The number of fused-ring (bicyclic) bond motifs is 1. The molecular formula is C8H5ClINS. The van der Waals surface area contributed by atoms with Gasteiger partial charge >= 0.3 is 0 Å². The highest BCUT2D eigenvalue weighted by Crippen LogP contribution is 2.31. The van der Waals surface area contributed by atoms with Crippen molar-refractivity contribution in [2.24, 2.45) is 0 Å². The van der Waals surface area contributed by atoms with Crippen LogP contribution in [0.5, 0.6) is 0 Å². The quantitative estimate of drug-likeness (QED) is 0.673. The molecule has 0 amide bonds. The highest BCUT2D eigenvalue weighted by molar-refractivity contribution is 14.1. The SMILES string of the molecule is Cc1cc(Cl)c2sc(I)cc2n1. The van der Waals surface area contributed by atoms with Crippen LogP contribution in [0.2, 0.25) is 5.02 Å². The molecule has 12 heavy (non-hydrogen) atoms. The topological polar surface area (TPSA) is 12.9 Å². The maximum atomic E-state index is 6.04. The van der Waals surface area contributed by atoms with Crippen LogP contribution in [0.15, 0.2) is 12.1 Å². The minimum Gasteiger partial charge on any atom is -0.252 e. The Hall–Kier alpha value is 0.130. The van der Waals surface area contributed by atoms with Crippen molar-refractivity contribution in [3.05, 3.63) is 25.7 Å². The first kappa shape index (κ1) is 8.72. The summed E-state index contributed by atoms with van der Waals surface area (Å²) < 4.78 is 2.31. The molecule has 0 radical (unpaired) electrons. The lowest BCUT2D eigenvalue weighted by atomic mass is 10.3. The second-order valence-electron chi connectivity index (χ2n) is 2.51. The van der Waals surface area contributed by atoms with Crippen LogP contribution >= 0.6 is 45.5 Å². The summed E-state index contributed by atoms with van der Waals surface area (Å²) in [5.41, 5.74) is 1.98. The van der Waals surface area contributed by atoms with E-state index < -0.39 is 0 Å². The summed E-state index contributed by atoms with van der Waals surface area (Å²) in [6.07, 6.45) is 0. The van der Waals surface area contributed by atoms with Gasteiger partial charge in [-0.15, -0.1) is 11.3 Å². The fourth-order valence-electron chi connectivity index (χ4n) is 1.08. The van der Waals surface area contributed by atoms with Gasteiger partial charge in [-0.3, -0.25) is 4.98 Å². The average Bonchev–Trinajstić information content (AvgIpc) is 2.29. The summed E-state index contributed by atoms with van der Waals surface area (Å²) in [5, 5.41) is 0.811. The summed E-state index contributed by atoms with van der Waals surface area (Å²) in [7, 11) is 0. The average molecular weight is 310 g/mol. The number of hydrogen-bond acceptors (Lipinski definition) is 2. The summed E-state index contributed by atoms with van der Waals surface area (Å²) in [6, 6.07) is 3.95. The minimum atomic E-state index is 0.811. The Balaban J connectivity index is 2.88. The fourth-order valence-corrected chi connectivity index (χ4v) is 3.13. The Morgan fingerprint density at radius 2 is 2.25 bits per heavy atom. The molecule has 0 fully saturated rings. The molecule has 62 valence electrons. The van der Waals surface area contributed by atoms with Gasteiger partial charge in [0.05, 0.1) is 18.1 Å². The van der Waals surface area contributed by atoms with Crippen LogP contribution in [0.3, 0.4) is 0 Å². The number of rotatable bonds is 0. The van der Waals surface area contributed by atoms with Crippen LogP contribution in [-0.4, -0.2) is 4.98 Å². The first-order valence-corrected chi connectivity index (χ1v) is 5.66. The Bertz CT molecular complexity index is 438. The molecule has 0 aromatic carbocycles. The molecular weight excluding hydrogens is 305 g/mol. The molecule has 0 bridgehead atoms. The van der Waals surface area contributed by atoms with E-state index >= 15 is 0 Å². The zero-order chi connectivity index (χ0) is 8.72. The van der Waals surface area contributed by atoms with Crippen molar-refractivity contribution in [2.45, 2.75) is 6.92 Å². The molecule has 0 saturated heterocycles. The van der Waals surface area contributed by atoms with Gasteiger partial charge in [0.1, 0.15) is 0 Å². The molecule has 0 aliphatic rings. The lowest BCUT2D eigenvalue weighted by molar-refractivity contribution is 1.26. The zero-order valence-electron chi connectivity index (χ0n) is 6.27. The summed E-state index contributed by atoms with van der Waals surface area (Å²) in [4.78, 5) is 4.38. The molecule has 1 nitrogen and oxygen atoms in total. The van der Waals surface area contributed by atoms with E-state index in [2.05, 4.69) is 33.6 Å². The smallest absolute Gasteiger partial charge is 0.0839 e. The van der Waals surface area contributed by atoms with Crippen LogP contribution in [-0.2, 0) is 0 Å². The minimum absolute atomic E-state index is 0.811. The van der Waals surface area contributed by atoms with E-state index in [9.17, 15) is 0 Å². The Morgan fingerprint density at radius 1 is 1.50 bits per heavy atom. The van der Waals surface area contributed by atoms with Crippen molar-refractivity contribution < 1.29 is 0 Å². The van der Waals surface area contributed by atoms with Crippen LogP contribution in [0.1, 0.15) is 5.69 Å². The van der Waals surface area contributed by atoms with Gasteiger partial charge in [-0.2, -0.15) is 0 Å². The second-order valence-corrected chi connectivity index (χ2v) is 5.86. The van der Waals surface area contributed by atoms with Gasteiger partial charge < -0.3 is 0 Å². The third-order valence-corrected chi connectivity index (χ3v) is 3.86. The highest BCUT2D eigenvalue weighted by Gasteiger charge is 2.05. The number of pyridine rings is 1. The maximum absolute atomic E-state index is 6.04. The molecule has 4 heteroatoms. The molecule has 0 saturated carbocycles. The standard InChI is InChI=1S/C8H5ClINS/c1-4-2-5(9)8-6(11-4)3-7(10)12-8/h2-3H,1H3. The summed E-state index contributed by atoms with van der Waals surface area (Å²) >= 11 is 10.0. The summed E-state index contributed by atoms with van der Waals surface area (Å²) in [6.45, 7) is 1.95.